The van der Waals surface area contributed by atoms with Gasteiger partial charge in [-0.05, 0) is 24.6 Å². The second-order valence-electron chi connectivity index (χ2n) is 5.61. The average Bonchev–Trinajstić information content (AvgIpc) is 2.50. The van der Waals surface area contributed by atoms with Crippen molar-refractivity contribution < 1.29 is 14.3 Å². The van der Waals surface area contributed by atoms with Gasteiger partial charge in [-0.3, -0.25) is 9.59 Å². The average molecular weight is 304 g/mol. The number of benzene rings is 1. The van der Waals surface area contributed by atoms with Crippen LogP contribution in [0.15, 0.2) is 18.2 Å². The van der Waals surface area contributed by atoms with Crippen molar-refractivity contribution in [3.8, 4) is 5.75 Å². The van der Waals surface area contributed by atoms with Crippen molar-refractivity contribution in [2.45, 2.75) is 51.9 Å². The van der Waals surface area contributed by atoms with Crippen LogP contribution in [0.5, 0.6) is 5.75 Å². The fourth-order valence-corrected chi connectivity index (χ4v) is 2.45. The van der Waals surface area contributed by atoms with E-state index >= 15 is 0 Å². The van der Waals surface area contributed by atoms with E-state index in [4.69, 9.17) is 4.74 Å². The van der Waals surface area contributed by atoms with Crippen molar-refractivity contribution in [3.05, 3.63) is 18.2 Å². The zero-order valence-corrected chi connectivity index (χ0v) is 13.1. The molecule has 0 unspecified atom stereocenters. The van der Waals surface area contributed by atoms with Gasteiger partial charge in [0.1, 0.15) is 5.75 Å². The Morgan fingerprint density at radius 2 is 2.00 bits per heavy atom. The Labute approximate surface area is 131 Å². The van der Waals surface area contributed by atoms with E-state index in [1.54, 1.807) is 18.2 Å². The molecule has 5 heteroatoms. The lowest BCUT2D eigenvalue weighted by Crippen LogP contribution is -2.25. The molecule has 0 spiro atoms. The van der Waals surface area contributed by atoms with Gasteiger partial charge in [0, 0.05) is 12.1 Å². The SMILES string of the molecule is CCCCCCCCC(=O)Nc1ccc2c(c1)NC(=O)CO2. The largest absolute Gasteiger partial charge is 0.482 e. The number of anilines is 2. The van der Waals surface area contributed by atoms with E-state index < -0.39 is 0 Å². The van der Waals surface area contributed by atoms with Crippen LogP contribution in [-0.4, -0.2) is 18.4 Å². The predicted molar refractivity (Wildman–Crippen MR) is 87.2 cm³/mol. The first-order valence-corrected chi connectivity index (χ1v) is 8.05. The number of amides is 2. The number of rotatable bonds is 8. The highest BCUT2D eigenvalue weighted by atomic mass is 16.5. The molecule has 0 bridgehead atoms. The van der Waals surface area contributed by atoms with E-state index in [9.17, 15) is 9.59 Å². The maximum absolute atomic E-state index is 11.9. The summed E-state index contributed by atoms with van der Waals surface area (Å²) in [7, 11) is 0. The van der Waals surface area contributed by atoms with Gasteiger partial charge >= 0.3 is 0 Å². The van der Waals surface area contributed by atoms with E-state index in [-0.39, 0.29) is 18.4 Å². The summed E-state index contributed by atoms with van der Waals surface area (Å²) in [6.45, 7) is 2.23. The van der Waals surface area contributed by atoms with Crippen LogP contribution in [0.2, 0.25) is 0 Å². The van der Waals surface area contributed by atoms with E-state index in [1.807, 2.05) is 0 Å². The van der Waals surface area contributed by atoms with Crippen LogP contribution < -0.4 is 15.4 Å². The van der Waals surface area contributed by atoms with Crippen LogP contribution in [0.3, 0.4) is 0 Å². The fraction of sp³-hybridized carbons (Fsp3) is 0.529. The smallest absolute Gasteiger partial charge is 0.262 e. The molecule has 1 heterocycles. The first-order chi connectivity index (χ1) is 10.7. The quantitative estimate of drug-likeness (QED) is 0.719. The van der Waals surface area contributed by atoms with Crippen LogP contribution in [0.25, 0.3) is 0 Å². The standard InChI is InChI=1S/C17H24N2O3/c1-2-3-4-5-6-7-8-16(20)18-13-9-10-15-14(11-13)19-17(21)12-22-15/h9-11H,2-8,12H2,1H3,(H,18,20)(H,19,21). The van der Waals surface area contributed by atoms with Gasteiger partial charge in [0.15, 0.2) is 6.61 Å². The van der Waals surface area contributed by atoms with Crippen LogP contribution in [0.1, 0.15) is 51.9 Å². The van der Waals surface area contributed by atoms with Crippen molar-refractivity contribution in [2.24, 2.45) is 0 Å². The summed E-state index contributed by atoms with van der Waals surface area (Å²) in [6.07, 6.45) is 7.51. The third kappa shape index (κ3) is 5.06. The van der Waals surface area contributed by atoms with Gasteiger partial charge in [0.25, 0.3) is 5.91 Å². The molecule has 2 N–H and O–H groups in total. The monoisotopic (exact) mass is 304 g/mol. The highest BCUT2D eigenvalue weighted by Gasteiger charge is 2.16. The topological polar surface area (TPSA) is 67.4 Å². The first-order valence-electron chi connectivity index (χ1n) is 8.05. The minimum Gasteiger partial charge on any atom is -0.482 e. The molecule has 0 aliphatic carbocycles. The van der Waals surface area contributed by atoms with Gasteiger partial charge in [-0.2, -0.15) is 0 Å². The molecular weight excluding hydrogens is 280 g/mol. The Kier molecular flexibility index (Phi) is 6.25. The van der Waals surface area contributed by atoms with Gasteiger partial charge in [0.05, 0.1) is 5.69 Å². The molecular formula is C17H24N2O3. The molecule has 22 heavy (non-hydrogen) atoms. The van der Waals surface area contributed by atoms with Crippen molar-refractivity contribution in [3.63, 3.8) is 0 Å². The number of fused-ring (bicyclic) bond motifs is 1. The van der Waals surface area contributed by atoms with Crippen molar-refractivity contribution >= 4 is 23.2 Å². The Hall–Kier alpha value is -2.04. The number of nitrogens with one attached hydrogen (secondary N) is 2. The minimum absolute atomic E-state index is 0.0125. The molecule has 0 saturated carbocycles. The second-order valence-corrected chi connectivity index (χ2v) is 5.61. The Morgan fingerprint density at radius 3 is 2.82 bits per heavy atom. The van der Waals surface area contributed by atoms with Crippen LogP contribution in [0.4, 0.5) is 11.4 Å². The number of carbonyl (C=O) groups excluding carboxylic acids is 2. The van der Waals surface area contributed by atoms with Crippen LogP contribution in [0, 0.1) is 0 Å². The van der Waals surface area contributed by atoms with Crippen LogP contribution in [-0.2, 0) is 9.59 Å². The molecule has 1 aliphatic rings. The Morgan fingerprint density at radius 1 is 1.23 bits per heavy atom. The molecule has 0 radical (unpaired) electrons. The van der Waals surface area contributed by atoms with E-state index in [1.165, 1.54) is 25.7 Å². The second kappa shape index (κ2) is 8.41. The summed E-state index contributed by atoms with van der Waals surface area (Å²) >= 11 is 0. The van der Waals surface area contributed by atoms with Crippen LogP contribution >= 0.6 is 0 Å². The van der Waals surface area contributed by atoms with Gasteiger partial charge in [-0.15, -0.1) is 0 Å². The van der Waals surface area contributed by atoms with E-state index in [0.717, 1.165) is 12.8 Å². The zero-order valence-electron chi connectivity index (χ0n) is 13.1. The lowest BCUT2D eigenvalue weighted by Gasteiger charge is -2.18. The number of hydrogen-bond donors (Lipinski definition) is 2. The lowest BCUT2D eigenvalue weighted by atomic mass is 10.1. The molecule has 0 fully saturated rings. The third-order valence-electron chi connectivity index (χ3n) is 3.65. The maximum Gasteiger partial charge on any atom is 0.262 e. The number of unbranched alkanes of at least 4 members (excludes halogenated alkanes) is 5. The molecule has 2 rings (SSSR count). The van der Waals surface area contributed by atoms with Crippen molar-refractivity contribution in [1.29, 1.82) is 0 Å². The summed E-state index contributed by atoms with van der Waals surface area (Å²) in [6, 6.07) is 5.27. The number of hydrogen-bond acceptors (Lipinski definition) is 3. The normalized spacial score (nSPS) is 13.0. The predicted octanol–water partition coefficient (Wildman–Crippen LogP) is 3.71. The number of carbonyl (C=O) groups is 2. The third-order valence-corrected chi connectivity index (χ3v) is 3.65. The first kappa shape index (κ1) is 16.3. The van der Waals surface area contributed by atoms with E-state index in [2.05, 4.69) is 17.6 Å². The molecule has 1 aliphatic heterocycles. The van der Waals surface area contributed by atoms with Crippen molar-refractivity contribution in [1.82, 2.24) is 0 Å². The molecule has 0 atom stereocenters. The molecule has 1 aromatic rings. The molecule has 2 amide bonds. The minimum atomic E-state index is -0.178. The summed E-state index contributed by atoms with van der Waals surface area (Å²) in [5.74, 6) is 0.468. The molecule has 0 aromatic heterocycles. The fourth-order valence-electron chi connectivity index (χ4n) is 2.45. The zero-order chi connectivity index (χ0) is 15.8. The lowest BCUT2D eigenvalue weighted by molar-refractivity contribution is -0.118. The van der Waals surface area contributed by atoms with E-state index in [0.29, 0.717) is 23.5 Å². The Balaban J connectivity index is 1.75. The molecule has 0 saturated heterocycles. The number of ether oxygens (including phenoxy) is 1. The van der Waals surface area contributed by atoms with Gasteiger partial charge < -0.3 is 15.4 Å². The highest BCUT2D eigenvalue weighted by molar-refractivity contribution is 5.97. The summed E-state index contributed by atoms with van der Waals surface area (Å²) < 4.78 is 5.28. The van der Waals surface area contributed by atoms with Crippen molar-refractivity contribution in [2.75, 3.05) is 17.2 Å². The summed E-state index contributed by atoms with van der Waals surface area (Å²) in [5, 5.41) is 5.59. The highest BCUT2D eigenvalue weighted by Crippen LogP contribution is 2.30. The summed E-state index contributed by atoms with van der Waals surface area (Å²) in [4.78, 5) is 23.2. The molecule has 1 aromatic carbocycles. The van der Waals surface area contributed by atoms with Gasteiger partial charge in [-0.1, -0.05) is 39.0 Å². The van der Waals surface area contributed by atoms with Gasteiger partial charge in [0.2, 0.25) is 5.91 Å². The Bertz CT molecular complexity index is 529. The molecule has 120 valence electrons. The van der Waals surface area contributed by atoms with Gasteiger partial charge in [-0.25, -0.2) is 0 Å². The maximum atomic E-state index is 11.9. The molecule has 5 nitrogen and oxygen atoms in total. The summed E-state index contributed by atoms with van der Waals surface area (Å²) in [5.41, 5.74) is 1.29.